The summed E-state index contributed by atoms with van der Waals surface area (Å²) in [4.78, 5) is 0. The molecule has 0 aliphatic carbocycles. The van der Waals surface area contributed by atoms with Gasteiger partial charge in [-0.15, -0.1) is 0 Å². The van der Waals surface area contributed by atoms with E-state index in [4.69, 9.17) is 9.47 Å². The van der Waals surface area contributed by atoms with Crippen molar-refractivity contribution in [3.63, 3.8) is 0 Å². The summed E-state index contributed by atoms with van der Waals surface area (Å²) < 4.78 is 56.1. The van der Waals surface area contributed by atoms with Gasteiger partial charge in [0.15, 0.2) is 11.6 Å². The lowest BCUT2D eigenvalue weighted by Gasteiger charge is -2.29. The summed E-state index contributed by atoms with van der Waals surface area (Å²) >= 11 is 0. The van der Waals surface area contributed by atoms with E-state index in [0.717, 1.165) is 57.1 Å². The maximum absolute atomic E-state index is 15.1. The van der Waals surface area contributed by atoms with E-state index in [1.165, 1.54) is 25.0 Å². The fourth-order valence-corrected chi connectivity index (χ4v) is 5.25. The van der Waals surface area contributed by atoms with Gasteiger partial charge in [0.25, 0.3) is 0 Å². The van der Waals surface area contributed by atoms with Crippen molar-refractivity contribution in [3.05, 3.63) is 77.6 Å². The second-order valence-electron chi connectivity index (χ2n) is 10.4. The third-order valence-electron chi connectivity index (χ3n) is 7.49. The molecule has 0 amide bonds. The lowest BCUT2D eigenvalue weighted by Crippen LogP contribution is -2.20. The lowest BCUT2D eigenvalue weighted by molar-refractivity contribution is -0.0195. The highest BCUT2D eigenvalue weighted by Gasteiger charge is 2.23. The van der Waals surface area contributed by atoms with Crippen molar-refractivity contribution in [1.29, 1.82) is 0 Å². The van der Waals surface area contributed by atoms with Gasteiger partial charge in [-0.2, -0.15) is 4.39 Å². The molecule has 204 valence electrons. The van der Waals surface area contributed by atoms with Crippen molar-refractivity contribution in [2.45, 2.75) is 77.7 Å². The Morgan fingerprint density at radius 2 is 1.47 bits per heavy atom. The molecule has 0 aromatic heterocycles. The van der Waals surface area contributed by atoms with Crippen LogP contribution in [-0.2, 0) is 4.74 Å². The molecule has 5 heteroatoms. The van der Waals surface area contributed by atoms with E-state index < -0.39 is 11.6 Å². The topological polar surface area (TPSA) is 18.5 Å². The molecule has 2 unspecified atom stereocenters. The zero-order valence-corrected chi connectivity index (χ0v) is 22.6. The minimum Gasteiger partial charge on any atom is -0.490 e. The molecule has 2 nitrogen and oxygen atoms in total. The number of benzene rings is 3. The average molecular weight is 525 g/mol. The van der Waals surface area contributed by atoms with Gasteiger partial charge in [0, 0.05) is 11.1 Å². The van der Waals surface area contributed by atoms with E-state index in [2.05, 4.69) is 13.8 Å². The number of halogens is 3. The van der Waals surface area contributed by atoms with E-state index >= 15 is 4.39 Å². The smallest absolute Gasteiger partial charge is 0.201 e. The summed E-state index contributed by atoms with van der Waals surface area (Å²) in [6.45, 7) is 5.43. The third-order valence-corrected chi connectivity index (χ3v) is 7.49. The van der Waals surface area contributed by atoms with Crippen molar-refractivity contribution in [2.75, 3.05) is 13.2 Å². The molecule has 4 rings (SSSR count). The Hall–Kier alpha value is -2.79. The van der Waals surface area contributed by atoms with Crippen LogP contribution in [0.2, 0.25) is 0 Å². The van der Waals surface area contributed by atoms with Crippen LogP contribution in [0.25, 0.3) is 22.3 Å². The van der Waals surface area contributed by atoms with Crippen LogP contribution >= 0.6 is 0 Å². The van der Waals surface area contributed by atoms with Crippen molar-refractivity contribution in [3.8, 4) is 28.0 Å². The standard InChI is InChI=1S/C33H39F3O2/c1-3-5-6-7-8-20-37-31-19-17-28(32(35)33(31)36)25-13-11-24(12-14-25)27-16-15-26(21-29(27)34)30-18-10-23(9-4-2)22-38-30/h11-17,19,21,23,30H,3-10,18,20,22H2,1-2H3. The highest BCUT2D eigenvalue weighted by molar-refractivity contribution is 5.71. The second-order valence-corrected chi connectivity index (χ2v) is 10.4. The van der Waals surface area contributed by atoms with E-state index in [1.54, 1.807) is 36.4 Å². The fraction of sp³-hybridized carbons (Fsp3) is 0.455. The molecule has 0 N–H and O–H groups in total. The highest BCUT2D eigenvalue weighted by atomic mass is 19.2. The van der Waals surface area contributed by atoms with E-state index in [-0.39, 0.29) is 23.2 Å². The van der Waals surface area contributed by atoms with Crippen molar-refractivity contribution in [1.82, 2.24) is 0 Å². The van der Waals surface area contributed by atoms with E-state index in [9.17, 15) is 8.78 Å². The molecule has 1 aliphatic heterocycles. The Morgan fingerprint density at radius 1 is 0.763 bits per heavy atom. The molecule has 1 aliphatic rings. The van der Waals surface area contributed by atoms with Crippen LogP contribution in [0.5, 0.6) is 5.75 Å². The molecule has 0 spiro atoms. The SMILES string of the molecule is CCCCCCCOc1ccc(-c2ccc(-c3ccc(C4CCC(CCC)CO4)cc3F)cc2)c(F)c1F. The molecule has 1 fully saturated rings. The molecule has 3 aromatic carbocycles. The first-order chi connectivity index (χ1) is 18.5. The largest absolute Gasteiger partial charge is 0.490 e. The second kappa shape index (κ2) is 13.8. The summed E-state index contributed by atoms with van der Waals surface area (Å²) in [6, 6.07) is 15.1. The average Bonchev–Trinajstić information content (AvgIpc) is 2.94. The van der Waals surface area contributed by atoms with Crippen molar-refractivity contribution < 1.29 is 22.6 Å². The van der Waals surface area contributed by atoms with Crippen LogP contribution in [0.4, 0.5) is 13.2 Å². The van der Waals surface area contributed by atoms with Crippen LogP contribution in [-0.4, -0.2) is 13.2 Å². The molecule has 1 heterocycles. The molecule has 0 saturated carbocycles. The summed E-state index contributed by atoms with van der Waals surface area (Å²) in [5.41, 5.74) is 2.67. The van der Waals surface area contributed by atoms with E-state index in [0.29, 0.717) is 29.2 Å². The monoisotopic (exact) mass is 524 g/mol. The van der Waals surface area contributed by atoms with Crippen molar-refractivity contribution >= 4 is 0 Å². The van der Waals surface area contributed by atoms with Crippen LogP contribution in [0.1, 0.15) is 83.3 Å². The molecule has 38 heavy (non-hydrogen) atoms. The fourth-order valence-electron chi connectivity index (χ4n) is 5.25. The van der Waals surface area contributed by atoms with Gasteiger partial charge in [-0.1, -0.05) is 82.3 Å². The predicted molar refractivity (Wildman–Crippen MR) is 148 cm³/mol. The van der Waals surface area contributed by atoms with E-state index in [1.807, 2.05) is 6.07 Å². The number of hydrogen-bond acceptors (Lipinski definition) is 2. The summed E-state index contributed by atoms with van der Waals surface area (Å²) in [5, 5.41) is 0. The van der Waals surface area contributed by atoms with Crippen LogP contribution < -0.4 is 4.74 Å². The van der Waals surface area contributed by atoms with Crippen molar-refractivity contribution in [2.24, 2.45) is 5.92 Å². The Morgan fingerprint density at radius 3 is 2.13 bits per heavy atom. The van der Waals surface area contributed by atoms with Gasteiger partial charge < -0.3 is 9.47 Å². The third kappa shape index (κ3) is 6.99. The quantitative estimate of drug-likeness (QED) is 0.219. The van der Waals surface area contributed by atoms with Gasteiger partial charge >= 0.3 is 0 Å². The van der Waals surface area contributed by atoms with Gasteiger partial charge in [-0.05, 0) is 66.5 Å². The first-order valence-corrected chi connectivity index (χ1v) is 14.1. The molecular formula is C33H39F3O2. The summed E-state index contributed by atoms with van der Waals surface area (Å²) in [6.07, 6.45) is 9.53. The Kier molecular flexibility index (Phi) is 10.3. The number of hydrogen-bond donors (Lipinski definition) is 0. The molecular weight excluding hydrogens is 485 g/mol. The molecule has 0 bridgehead atoms. The molecule has 3 aromatic rings. The van der Waals surface area contributed by atoms with Crippen LogP contribution in [0.15, 0.2) is 54.6 Å². The molecule has 0 radical (unpaired) electrons. The zero-order chi connectivity index (χ0) is 26.9. The number of unbranched alkanes of at least 4 members (excludes halogenated alkanes) is 4. The maximum atomic E-state index is 15.1. The minimum absolute atomic E-state index is 0.0663. The molecule has 2 atom stereocenters. The Balaban J connectivity index is 1.41. The minimum atomic E-state index is -0.979. The van der Waals surface area contributed by atoms with Gasteiger partial charge in [0.1, 0.15) is 5.82 Å². The first kappa shape index (κ1) is 28.2. The lowest BCUT2D eigenvalue weighted by atomic mass is 9.91. The number of ether oxygens (including phenoxy) is 2. The highest BCUT2D eigenvalue weighted by Crippen LogP contribution is 2.35. The van der Waals surface area contributed by atoms with Crippen LogP contribution in [0, 0.1) is 23.4 Å². The van der Waals surface area contributed by atoms with Crippen LogP contribution in [0.3, 0.4) is 0 Å². The van der Waals surface area contributed by atoms with Gasteiger partial charge in [0.2, 0.25) is 5.82 Å². The number of rotatable bonds is 12. The first-order valence-electron chi connectivity index (χ1n) is 14.1. The normalized spacial score (nSPS) is 17.5. The molecule has 1 saturated heterocycles. The summed E-state index contributed by atoms with van der Waals surface area (Å²) in [5.74, 6) is -1.70. The van der Waals surface area contributed by atoms with Gasteiger partial charge in [0.05, 0.1) is 19.3 Å². The Bertz CT molecular complexity index is 1170. The van der Waals surface area contributed by atoms with Gasteiger partial charge in [-0.25, -0.2) is 8.78 Å². The predicted octanol–water partition coefficient (Wildman–Crippen LogP) is 10.1. The zero-order valence-electron chi connectivity index (χ0n) is 22.6. The Labute approximate surface area is 225 Å². The van der Waals surface area contributed by atoms with Gasteiger partial charge in [-0.3, -0.25) is 0 Å². The maximum Gasteiger partial charge on any atom is 0.201 e. The summed E-state index contributed by atoms with van der Waals surface area (Å²) in [7, 11) is 0.